The Hall–Kier alpha value is -3.71. The predicted octanol–water partition coefficient (Wildman–Crippen LogP) is 5.61. The maximum absolute atomic E-state index is 12.7. The summed E-state index contributed by atoms with van der Waals surface area (Å²) in [6, 6.07) is 19.1. The van der Waals surface area contributed by atoms with Crippen molar-refractivity contribution in [1.82, 2.24) is 14.8 Å². The second-order valence-corrected chi connectivity index (χ2v) is 7.90. The smallest absolute Gasteiger partial charge is 0.256 e. The summed E-state index contributed by atoms with van der Waals surface area (Å²) in [5, 5.41) is 11.1. The maximum Gasteiger partial charge on any atom is 0.256 e. The molecule has 3 heterocycles. The molecule has 3 aromatic heterocycles. The van der Waals surface area contributed by atoms with Gasteiger partial charge in [0.05, 0.1) is 5.69 Å². The molecule has 0 saturated carbocycles. The number of fused-ring (bicyclic) bond motifs is 1. The fourth-order valence-electron chi connectivity index (χ4n) is 3.21. The standard InChI is InChI=1S/C23H18N4O2S/c1-14-7-9-16(10-8-14)22(28)25-21-11-15(2)26-27(21)23-24-18(13-30-23)20-12-17-5-3-4-6-19(17)29-20/h3-13H,1-2H3,(H,25,28). The average Bonchev–Trinajstić information content (AvgIpc) is 3.45. The van der Waals surface area contributed by atoms with Gasteiger partial charge in [-0.3, -0.25) is 4.79 Å². The molecular formula is C23H18N4O2S. The van der Waals surface area contributed by atoms with Crippen molar-refractivity contribution in [3.63, 3.8) is 0 Å². The van der Waals surface area contributed by atoms with E-state index >= 15 is 0 Å². The molecule has 0 saturated heterocycles. The molecule has 1 N–H and O–H groups in total. The third kappa shape index (κ3) is 3.40. The second kappa shape index (κ2) is 7.27. The number of carbonyl (C=O) groups is 1. The van der Waals surface area contributed by atoms with Gasteiger partial charge < -0.3 is 9.73 Å². The fourth-order valence-corrected chi connectivity index (χ4v) is 3.99. The van der Waals surface area contributed by atoms with Crippen LogP contribution in [0, 0.1) is 13.8 Å². The van der Waals surface area contributed by atoms with Gasteiger partial charge in [-0.1, -0.05) is 35.9 Å². The first-order valence-corrected chi connectivity index (χ1v) is 10.3. The van der Waals surface area contributed by atoms with Crippen molar-refractivity contribution in [2.24, 2.45) is 0 Å². The molecule has 0 aliphatic heterocycles. The van der Waals surface area contributed by atoms with E-state index in [9.17, 15) is 4.79 Å². The molecule has 1 amide bonds. The van der Waals surface area contributed by atoms with Gasteiger partial charge in [-0.2, -0.15) is 9.78 Å². The van der Waals surface area contributed by atoms with E-state index in [1.165, 1.54) is 11.3 Å². The van der Waals surface area contributed by atoms with Crippen molar-refractivity contribution < 1.29 is 9.21 Å². The molecule has 0 aliphatic carbocycles. The predicted molar refractivity (Wildman–Crippen MR) is 118 cm³/mol. The molecule has 30 heavy (non-hydrogen) atoms. The van der Waals surface area contributed by atoms with Gasteiger partial charge >= 0.3 is 0 Å². The van der Waals surface area contributed by atoms with Gasteiger partial charge in [-0.25, -0.2) is 4.98 Å². The summed E-state index contributed by atoms with van der Waals surface area (Å²) in [6.45, 7) is 3.87. The van der Waals surface area contributed by atoms with Crippen LogP contribution in [0.25, 0.3) is 27.6 Å². The zero-order chi connectivity index (χ0) is 20.7. The summed E-state index contributed by atoms with van der Waals surface area (Å²) in [5.41, 5.74) is 4.04. The minimum Gasteiger partial charge on any atom is -0.454 e. The zero-order valence-corrected chi connectivity index (χ0v) is 17.2. The summed E-state index contributed by atoms with van der Waals surface area (Å²) in [7, 11) is 0. The number of hydrogen-bond acceptors (Lipinski definition) is 5. The summed E-state index contributed by atoms with van der Waals surface area (Å²) in [5.74, 6) is 1.08. The summed E-state index contributed by atoms with van der Waals surface area (Å²) in [6.07, 6.45) is 0. The largest absolute Gasteiger partial charge is 0.454 e. The van der Waals surface area contributed by atoms with Gasteiger partial charge in [0.15, 0.2) is 5.76 Å². The molecule has 0 unspecified atom stereocenters. The number of carbonyl (C=O) groups excluding carboxylic acids is 1. The van der Waals surface area contributed by atoms with Crippen molar-refractivity contribution in [2.45, 2.75) is 13.8 Å². The number of nitrogens with one attached hydrogen (secondary N) is 1. The third-order valence-electron chi connectivity index (χ3n) is 4.74. The number of aryl methyl sites for hydroxylation is 2. The SMILES string of the molecule is Cc1ccc(C(=O)Nc2cc(C)nn2-c2nc(-c3cc4ccccc4o3)cs2)cc1. The van der Waals surface area contributed by atoms with Gasteiger partial charge in [0, 0.05) is 22.4 Å². The number of para-hydroxylation sites is 1. The second-order valence-electron chi connectivity index (χ2n) is 7.07. The summed E-state index contributed by atoms with van der Waals surface area (Å²) in [4.78, 5) is 17.3. The normalized spacial score (nSPS) is 11.1. The third-order valence-corrected chi connectivity index (χ3v) is 5.55. The summed E-state index contributed by atoms with van der Waals surface area (Å²) < 4.78 is 7.57. The van der Waals surface area contributed by atoms with Crippen LogP contribution in [0.4, 0.5) is 5.82 Å². The van der Waals surface area contributed by atoms with Crippen molar-refractivity contribution in [2.75, 3.05) is 5.32 Å². The van der Waals surface area contributed by atoms with Gasteiger partial charge in [0.2, 0.25) is 5.13 Å². The molecule has 0 atom stereocenters. The molecule has 0 radical (unpaired) electrons. The van der Waals surface area contributed by atoms with Gasteiger partial charge in [0.1, 0.15) is 17.1 Å². The van der Waals surface area contributed by atoms with Crippen LogP contribution in [0.15, 0.2) is 70.5 Å². The lowest BCUT2D eigenvalue weighted by molar-refractivity contribution is 0.102. The lowest BCUT2D eigenvalue weighted by atomic mass is 10.1. The van der Waals surface area contributed by atoms with E-state index in [-0.39, 0.29) is 5.91 Å². The highest BCUT2D eigenvalue weighted by molar-refractivity contribution is 7.12. The number of thiazole rings is 1. The Kier molecular flexibility index (Phi) is 4.44. The Bertz CT molecular complexity index is 1330. The Morgan fingerprint density at radius 1 is 1.07 bits per heavy atom. The van der Waals surface area contributed by atoms with E-state index in [1.54, 1.807) is 16.8 Å². The zero-order valence-electron chi connectivity index (χ0n) is 16.4. The Morgan fingerprint density at radius 2 is 1.87 bits per heavy atom. The van der Waals surface area contributed by atoms with Crippen LogP contribution in [0.2, 0.25) is 0 Å². The van der Waals surface area contributed by atoms with Crippen LogP contribution in [0.1, 0.15) is 21.6 Å². The fraction of sp³-hybridized carbons (Fsp3) is 0.0870. The van der Waals surface area contributed by atoms with Crippen molar-refractivity contribution in [1.29, 1.82) is 0 Å². The number of rotatable bonds is 4. The monoisotopic (exact) mass is 414 g/mol. The van der Waals surface area contributed by atoms with Gasteiger partial charge in [-0.15, -0.1) is 11.3 Å². The van der Waals surface area contributed by atoms with Crippen molar-refractivity contribution in [3.8, 4) is 16.6 Å². The van der Waals surface area contributed by atoms with Crippen LogP contribution in [-0.4, -0.2) is 20.7 Å². The highest BCUT2D eigenvalue weighted by Crippen LogP contribution is 2.30. The van der Waals surface area contributed by atoms with E-state index in [0.717, 1.165) is 27.9 Å². The van der Waals surface area contributed by atoms with Gasteiger partial charge in [0.25, 0.3) is 5.91 Å². The number of amides is 1. The molecule has 0 bridgehead atoms. The molecule has 7 heteroatoms. The van der Waals surface area contributed by atoms with E-state index in [0.29, 0.717) is 22.3 Å². The van der Waals surface area contributed by atoms with E-state index in [1.807, 2.05) is 67.8 Å². The number of hydrogen-bond donors (Lipinski definition) is 1. The summed E-state index contributed by atoms with van der Waals surface area (Å²) >= 11 is 1.44. The first-order valence-electron chi connectivity index (χ1n) is 9.46. The first-order chi connectivity index (χ1) is 14.6. The van der Waals surface area contributed by atoms with Crippen molar-refractivity contribution >= 4 is 34.0 Å². The quantitative estimate of drug-likeness (QED) is 0.415. The Morgan fingerprint density at radius 3 is 2.67 bits per heavy atom. The van der Waals surface area contributed by atoms with E-state index in [4.69, 9.17) is 4.42 Å². The molecule has 148 valence electrons. The molecule has 2 aromatic carbocycles. The minimum atomic E-state index is -0.190. The lowest BCUT2D eigenvalue weighted by Gasteiger charge is -2.06. The number of furan rings is 1. The highest BCUT2D eigenvalue weighted by atomic mass is 32.1. The number of anilines is 1. The molecule has 0 fully saturated rings. The Labute approximate surface area is 176 Å². The van der Waals surface area contributed by atoms with Gasteiger partial charge in [-0.05, 0) is 38.1 Å². The van der Waals surface area contributed by atoms with Crippen LogP contribution in [0.3, 0.4) is 0 Å². The Balaban J connectivity index is 1.45. The van der Waals surface area contributed by atoms with Crippen LogP contribution in [-0.2, 0) is 0 Å². The molecular weight excluding hydrogens is 396 g/mol. The number of benzene rings is 2. The topological polar surface area (TPSA) is 73.0 Å². The first kappa shape index (κ1) is 18.3. The number of nitrogens with zero attached hydrogens (tertiary/aromatic N) is 3. The van der Waals surface area contributed by atoms with Crippen LogP contribution >= 0.6 is 11.3 Å². The number of aromatic nitrogens is 3. The molecule has 6 nitrogen and oxygen atoms in total. The molecule has 0 spiro atoms. The van der Waals surface area contributed by atoms with E-state index in [2.05, 4.69) is 15.4 Å². The maximum atomic E-state index is 12.7. The van der Waals surface area contributed by atoms with Crippen LogP contribution < -0.4 is 5.32 Å². The molecule has 5 rings (SSSR count). The minimum absolute atomic E-state index is 0.190. The van der Waals surface area contributed by atoms with Crippen LogP contribution in [0.5, 0.6) is 0 Å². The highest BCUT2D eigenvalue weighted by Gasteiger charge is 2.16. The van der Waals surface area contributed by atoms with Crippen molar-refractivity contribution in [3.05, 3.63) is 82.9 Å². The molecule has 5 aromatic rings. The lowest BCUT2D eigenvalue weighted by Crippen LogP contribution is -2.15. The van der Waals surface area contributed by atoms with E-state index < -0.39 is 0 Å². The average molecular weight is 414 g/mol. The molecule has 0 aliphatic rings.